The highest BCUT2D eigenvalue weighted by Gasteiger charge is 2.13. The summed E-state index contributed by atoms with van der Waals surface area (Å²) in [5.41, 5.74) is 8.33. The second-order valence-electron chi connectivity index (χ2n) is 4.63. The monoisotopic (exact) mass is 275 g/mol. The van der Waals surface area contributed by atoms with Crippen LogP contribution in [0, 0.1) is 12.7 Å². The first-order chi connectivity index (χ1) is 9.55. The minimum atomic E-state index is -0.436. The SMILES string of the molecule is COc1cc(OC)cc(C(N)c2ccc(C)c(F)c2)c1. The highest BCUT2D eigenvalue weighted by Crippen LogP contribution is 2.29. The third kappa shape index (κ3) is 2.91. The fourth-order valence-electron chi connectivity index (χ4n) is 2.00. The van der Waals surface area contributed by atoms with E-state index in [0.29, 0.717) is 22.6 Å². The Morgan fingerprint density at radius 1 is 0.950 bits per heavy atom. The number of methoxy groups -OCH3 is 2. The van der Waals surface area contributed by atoms with Gasteiger partial charge in [-0.05, 0) is 41.8 Å². The van der Waals surface area contributed by atoms with Crippen LogP contribution in [0.25, 0.3) is 0 Å². The van der Waals surface area contributed by atoms with Gasteiger partial charge in [-0.3, -0.25) is 0 Å². The smallest absolute Gasteiger partial charge is 0.126 e. The van der Waals surface area contributed by atoms with Gasteiger partial charge in [-0.1, -0.05) is 12.1 Å². The summed E-state index contributed by atoms with van der Waals surface area (Å²) in [6, 6.07) is 10.00. The number of halogens is 1. The second-order valence-corrected chi connectivity index (χ2v) is 4.63. The normalized spacial score (nSPS) is 12.1. The summed E-state index contributed by atoms with van der Waals surface area (Å²) in [5, 5.41) is 0. The third-order valence-corrected chi connectivity index (χ3v) is 3.29. The first-order valence-corrected chi connectivity index (χ1v) is 6.29. The highest BCUT2D eigenvalue weighted by atomic mass is 19.1. The van der Waals surface area contributed by atoms with Gasteiger partial charge in [0.1, 0.15) is 17.3 Å². The van der Waals surface area contributed by atoms with Crippen molar-refractivity contribution in [1.82, 2.24) is 0 Å². The lowest BCUT2D eigenvalue weighted by Crippen LogP contribution is -2.12. The minimum absolute atomic E-state index is 0.257. The van der Waals surface area contributed by atoms with E-state index in [-0.39, 0.29) is 5.82 Å². The van der Waals surface area contributed by atoms with E-state index in [0.717, 1.165) is 5.56 Å². The van der Waals surface area contributed by atoms with E-state index in [1.54, 1.807) is 33.3 Å². The Morgan fingerprint density at radius 3 is 2.05 bits per heavy atom. The number of ether oxygens (including phenoxy) is 2. The zero-order valence-electron chi connectivity index (χ0n) is 11.8. The molecule has 0 amide bonds. The highest BCUT2D eigenvalue weighted by molar-refractivity contribution is 5.43. The molecule has 0 spiro atoms. The van der Waals surface area contributed by atoms with Crippen LogP contribution in [0.4, 0.5) is 4.39 Å². The van der Waals surface area contributed by atoms with Crippen molar-refractivity contribution in [3.8, 4) is 11.5 Å². The van der Waals surface area contributed by atoms with Gasteiger partial charge in [-0.25, -0.2) is 4.39 Å². The van der Waals surface area contributed by atoms with E-state index in [4.69, 9.17) is 15.2 Å². The molecule has 0 aliphatic heterocycles. The molecule has 20 heavy (non-hydrogen) atoms. The van der Waals surface area contributed by atoms with E-state index in [1.807, 2.05) is 18.2 Å². The van der Waals surface area contributed by atoms with E-state index in [1.165, 1.54) is 6.07 Å². The van der Waals surface area contributed by atoms with E-state index >= 15 is 0 Å². The van der Waals surface area contributed by atoms with Crippen molar-refractivity contribution < 1.29 is 13.9 Å². The number of aryl methyl sites for hydroxylation is 1. The van der Waals surface area contributed by atoms with Crippen LogP contribution in [0.3, 0.4) is 0 Å². The topological polar surface area (TPSA) is 44.5 Å². The molecule has 2 N–H and O–H groups in total. The molecule has 0 saturated heterocycles. The second kappa shape index (κ2) is 5.92. The molecule has 0 aromatic heterocycles. The maximum atomic E-state index is 13.6. The van der Waals surface area contributed by atoms with Crippen LogP contribution in [-0.2, 0) is 0 Å². The van der Waals surface area contributed by atoms with Crippen molar-refractivity contribution in [3.05, 3.63) is 58.9 Å². The number of rotatable bonds is 4. The number of hydrogen-bond donors (Lipinski definition) is 1. The summed E-state index contributed by atoms with van der Waals surface area (Å²) in [6.07, 6.45) is 0. The van der Waals surface area contributed by atoms with Crippen molar-refractivity contribution in [2.24, 2.45) is 5.73 Å². The predicted molar refractivity (Wildman–Crippen MR) is 76.7 cm³/mol. The largest absolute Gasteiger partial charge is 0.497 e. The molecule has 3 nitrogen and oxygen atoms in total. The summed E-state index contributed by atoms with van der Waals surface area (Å²) in [7, 11) is 3.16. The summed E-state index contributed by atoms with van der Waals surface area (Å²) in [5.74, 6) is 1.05. The molecule has 0 aliphatic carbocycles. The Hall–Kier alpha value is -2.07. The van der Waals surface area contributed by atoms with Crippen LogP contribution in [0.1, 0.15) is 22.7 Å². The van der Waals surface area contributed by atoms with Gasteiger partial charge >= 0.3 is 0 Å². The number of hydrogen-bond acceptors (Lipinski definition) is 3. The van der Waals surface area contributed by atoms with Gasteiger partial charge in [-0.15, -0.1) is 0 Å². The minimum Gasteiger partial charge on any atom is -0.497 e. The molecule has 0 aliphatic rings. The van der Waals surface area contributed by atoms with Crippen LogP contribution in [0.2, 0.25) is 0 Å². The Balaban J connectivity index is 2.41. The molecule has 2 rings (SSSR count). The average molecular weight is 275 g/mol. The molecular formula is C16H18FNO2. The molecule has 2 aromatic rings. The zero-order valence-corrected chi connectivity index (χ0v) is 11.8. The lowest BCUT2D eigenvalue weighted by Gasteiger charge is -2.15. The average Bonchev–Trinajstić information content (AvgIpc) is 2.48. The predicted octanol–water partition coefficient (Wildman–Crippen LogP) is 3.20. The van der Waals surface area contributed by atoms with Crippen LogP contribution in [0.5, 0.6) is 11.5 Å². The van der Waals surface area contributed by atoms with Crippen LogP contribution in [0.15, 0.2) is 36.4 Å². The molecule has 4 heteroatoms. The fraction of sp³-hybridized carbons (Fsp3) is 0.250. The van der Waals surface area contributed by atoms with Gasteiger partial charge in [0.2, 0.25) is 0 Å². The number of nitrogens with two attached hydrogens (primary N) is 1. The van der Waals surface area contributed by atoms with Gasteiger partial charge < -0.3 is 15.2 Å². The molecule has 1 unspecified atom stereocenters. The number of benzene rings is 2. The molecule has 0 heterocycles. The molecule has 0 radical (unpaired) electrons. The van der Waals surface area contributed by atoms with E-state index in [9.17, 15) is 4.39 Å². The molecule has 0 bridgehead atoms. The quantitative estimate of drug-likeness (QED) is 0.932. The Morgan fingerprint density at radius 2 is 1.55 bits per heavy atom. The molecule has 0 saturated carbocycles. The zero-order chi connectivity index (χ0) is 14.7. The van der Waals surface area contributed by atoms with Gasteiger partial charge in [0.15, 0.2) is 0 Å². The lowest BCUT2D eigenvalue weighted by atomic mass is 9.98. The Labute approximate surface area is 118 Å². The summed E-state index contributed by atoms with van der Waals surface area (Å²) in [6.45, 7) is 1.72. The van der Waals surface area contributed by atoms with E-state index < -0.39 is 6.04 Å². The van der Waals surface area contributed by atoms with Crippen molar-refractivity contribution >= 4 is 0 Å². The maximum Gasteiger partial charge on any atom is 0.126 e. The van der Waals surface area contributed by atoms with Crippen LogP contribution >= 0.6 is 0 Å². The van der Waals surface area contributed by atoms with Crippen molar-refractivity contribution in [2.75, 3.05) is 14.2 Å². The van der Waals surface area contributed by atoms with Crippen molar-refractivity contribution in [3.63, 3.8) is 0 Å². The summed E-state index contributed by atoms with van der Waals surface area (Å²) in [4.78, 5) is 0. The van der Waals surface area contributed by atoms with Gasteiger partial charge in [0, 0.05) is 6.07 Å². The molecule has 0 fully saturated rings. The summed E-state index contributed by atoms with van der Waals surface area (Å²) >= 11 is 0. The van der Waals surface area contributed by atoms with Crippen molar-refractivity contribution in [1.29, 1.82) is 0 Å². The van der Waals surface area contributed by atoms with Crippen LogP contribution < -0.4 is 15.2 Å². The summed E-state index contributed by atoms with van der Waals surface area (Å²) < 4.78 is 24.1. The maximum absolute atomic E-state index is 13.6. The van der Waals surface area contributed by atoms with Gasteiger partial charge in [0.05, 0.1) is 20.3 Å². The lowest BCUT2D eigenvalue weighted by molar-refractivity contribution is 0.393. The van der Waals surface area contributed by atoms with E-state index in [2.05, 4.69) is 0 Å². The Bertz CT molecular complexity index is 591. The molecule has 1 atom stereocenters. The third-order valence-electron chi connectivity index (χ3n) is 3.29. The Kier molecular flexibility index (Phi) is 4.25. The molecule has 106 valence electrons. The first kappa shape index (κ1) is 14.3. The van der Waals surface area contributed by atoms with Crippen molar-refractivity contribution in [2.45, 2.75) is 13.0 Å². The van der Waals surface area contributed by atoms with Gasteiger partial charge in [0.25, 0.3) is 0 Å². The fourth-order valence-corrected chi connectivity index (χ4v) is 2.00. The standard InChI is InChI=1S/C16H18FNO2/c1-10-4-5-11(8-15(10)17)16(18)12-6-13(19-2)9-14(7-12)20-3/h4-9,16H,18H2,1-3H3. The van der Waals surface area contributed by atoms with Gasteiger partial charge in [-0.2, -0.15) is 0 Å². The van der Waals surface area contributed by atoms with Crippen LogP contribution in [-0.4, -0.2) is 14.2 Å². The molecule has 2 aromatic carbocycles. The first-order valence-electron chi connectivity index (χ1n) is 6.29. The molecular weight excluding hydrogens is 257 g/mol.